The summed E-state index contributed by atoms with van der Waals surface area (Å²) in [6.07, 6.45) is 1.01. The third kappa shape index (κ3) is 1.92. The zero-order valence-electron chi connectivity index (χ0n) is 8.50. The summed E-state index contributed by atoms with van der Waals surface area (Å²) < 4.78 is 5.22. The molecule has 1 aliphatic heterocycles. The van der Waals surface area contributed by atoms with E-state index in [4.69, 9.17) is 15.3 Å². The minimum absolute atomic E-state index is 0.421. The van der Waals surface area contributed by atoms with Crippen molar-refractivity contribution in [2.24, 2.45) is 0 Å². The average Bonchev–Trinajstić information content (AvgIpc) is 2.38. The first-order valence-corrected chi connectivity index (χ1v) is 4.83. The number of ether oxygens (including phenoxy) is 1. The Morgan fingerprint density at radius 2 is 2.38 bits per heavy atom. The van der Waals surface area contributed by atoms with E-state index < -0.39 is 6.10 Å². The third-order valence-corrected chi connectivity index (χ3v) is 2.33. The highest BCUT2D eigenvalue weighted by Gasteiger charge is 2.23. The van der Waals surface area contributed by atoms with Crippen LogP contribution in [0.3, 0.4) is 0 Å². The van der Waals surface area contributed by atoms with E-state index in [9.17, 15) is 0 Å². The Hall–Kier alpha value is -2.18. The molecule has 0 N–H and O–H groups in total. The molecule has 16 heavy (non-hydrogen) atoms. The summed E-state index contributed by atoms with van der Waals surface area (Å²) >= 11 is 0. The highest BCUT2D eigenvalue weighted by atomic mass is 16.5. The summed E-state index contributed by atoms with van der Waals surface area (Å²) in [6, 6.07) is 5.71. The van der Waals surface area contributed by atoms with Crippen LogP contribution < -0.4 is 4.90 Å². The van der Waals surface area contributed by atoms with Crippen LogP contribution in [-0.4, -0.2) is 36.0 Å². The van der Waals surface area contributed by atoms with Crippen LogP contribution in [0.5, 0.6) is 0 Å². The fourth-order valence-corrected chi connectivity index (χ4v) is 1.56. The fraction of sp³-hybridized carbons (Fsp3) is 0.400. The molecule has 0 spiro atoms. The standard InChI is InChI=1S/C10H9N5O/c11-5-8-1-2-13-14-10(8)15-3-4-16-9(6-12)7-15/h1-2,9H,3-4,7H2. The molecular formula is C10H9N5O. The van der Waals surface area contributed by atoms with Crippen molar-refractivity contribution in [2.45, 2.75) is 6.10 Å². The van der Waals surface area contributed by atoms with Crippen molar-refractivity contribution in [3.63, 3.8) is 0 Å². The second kappa shape index (κ2) is 4.56. The van der Waals surface area contributed by atoms with Gasteiger partial charge in [-0.05, 0) is 6.07 Å². The highest BCUT2D eigenvalue weighted by molar-refractivity contribution is 5.52. The van der Waals surface area contributed by atoms with Gasteiger partial charge in [-0.25, -0.2) is 0 Å². The van der Waals surface area contributed by atoms with Crippen molar-refractivity contribution in [3.05, 3.63) is 17.8 Å². The molecule has 1 unspecified atom stereocenters. The molecule has 0 aromatic carbocycles. The van der Waals surface area contributed by atoms with E-state index in [1.807, 2.05) is 11.0 Å². The van der Waals surface area contributed by atoms with E-state index in [-0.39, 0.29) is 0 Å². The van der Waals surface area contributed by atoms with Crippen molar-refractivity contribution in [2.75, 3.05) is 24.6 Å². The molecule has 0 bridgehead atoms. The summed E-state index contributed by atoms with van der Waals surface area (Å²) in [5.41, 5.74) is 0.466. The lowest BCUT2D eigenvalue weighted by molar-refractivity contribution is 0.0760. The molecule has 1 aliphatic rings. The molecule has 1 fully saturated rings. The smallest absolute Gasteiger partial charge is 0.169 e. The largest absolute Gasteiger partial charge is 0.360 e. The van der Waals surface area contributed by atoms with Gasteiger partial charge in [0.15, 0.2) is 11.9 Å². The first kappa shape index (κ1) is 10.3. The quantitative estimate of drug-likeness (QED) is 0.659. The molecule has 80 valence electrons. The summed E-state index contributed by atoms with van der Waals surface area (Å²) in [4.78, 5) is 1.85. The topological polar surface area (TPSA) is 85.8 Å². The molecule has 1 aromatic rings. The first-order chi connectivity index (χ1) is 7.85. The second-order valence-corrected chi connectivity index (χ2v) is 3.31. The molecule has 1 saturated heterocycles. The number of anilines is 1. The zero-order chi connectivity index (χ0) is 11.4. The Kier molecular flexibility index (Phi) is 2.95. The van der Waals surface area contributed by atoms with Crippen LogP contribution in [0.15, 0.2) is 12.3 Å². The van der Waals surface area contributed by atoms with Gasteiger partial charge in [-0.1, -0.05) is 0 Å². The van der Waals surface area contributed by atoms with Gasteiger partial charge in [-0.3, -0.25) is 0 Å². The van der Waals surface area contributed by atoms with Crippen molar-refractivity contribution >= 4 is 5.82 Å². The highest BCUT2D eigenvalue weighted by Crippen LogP contribution is 2.17. The van der Waals surface area contributed by atoms with Crippen molar-refractivity contribution < 1.29 is 4.74 Å². The minimum Gasteiger partial charge on any atom is -0.360 e. The van der Waals surface area contributed by atoms with Crippen LogP contribution in [0.1, 0.15) is 5.56 Å². The van der Waals surface area contributed by atoms with Gasteiger partial charge in [0.2, 0.25) is 0 Å². The second-order valence-electron chi connectivity index (χ2n) is 3.31. The lowest BCUT2D eigenvalue weighted by Gasteiger charge is -2.30. The Balaban J connectivity index is 2.24. The summed E-state index contributed by atoms with van der Waals surface area (Å²) in [6.45, 7) is 1.50. The number of aromatic nitrogens is 2. The lowest BCUT2D eigenvalue weighted by atomic mass is 10.2. The van der Waals surface area contributed by atoms with Gasteiger partial charge in [0.05, 0.1) is 31.0 Å². The Morgan fingerprint density at radius 1 is 1.50 bits per heavy atom. The van der Waals surface area contributed by atoms with Crippen LogP contribution in [0.2, 0.25) is 0 Å². The van der Waals surface area contributed by atoms with E-state index in [1.165, 1.54) is 6.20 Å². The van der Waals surface area contributed by atoms with Gasteiger partial charge in [-0.2, -0.15) is 15.6 Å². The molecule has 6 heteroatoms. The average molecular weight is 215 g/mol. The van der Waals surface area contributed by atoms with E-state index in [0.29, 0.717) is 31.1 Å². The fourth-order valence-electron chi connectivity index (χ4n) is 1.56. The van der Waals surface area contributed by atoms with E-state index >= 15 is 0 Å². The van der Waals surface area contributed by atoms with E-state index in [1.54, 1.807) is 6.07 Å². The summed E-state index contributed by atoms with van der Waals surface area (Å²) in [7, 11) is 0. The first-order valence-electron chi connectivity index (χ1n) is 4.83. The minimum atomic E-state index is -0.470. The maximum Gasteiger partial charge on any atom is 0.169 e. The number of hydrogen-bond donors (Lipinski definition) is 0. The van der Waals surface area contributed by atoms with Gasteiger partial charge in [0, 0.05) is 6.54 Å². The molecule has 0 aliphatic carbocycles. The van der Waals surface area contributed by atoms with Crippen LogP contribution in [0.4, 0.5) is 5.82 Å². The molecule has 2 heterocycles. The molecule has 6 nitrogen and oxygen atoms in total. The molecular weight excluding hydrogens is 206 g/mol. The number of rotatable bonds is 1. The predicted octanol–water partition coefficient (Wildman–Crippen LogP) is 0.0771. The van der Waals surface area contributed by atoms with Gasteiger partial charge in [0.1, 0.15) is 6.07 Å². The molecule has 2 rings (SSSR count). The molecule has 1 atom stereocenters. The van der Waals surface area contributed by atoms with Crippen LogP contribution >= 0.6 is 0 Å². The number of hydrogen-bond acceptors (Lipinski definition) is 6. The SMILES string of the molecule is N#Cc1ccnnc1N1CCOC(C#N)C1. The zero-order valence-corrected chi connectivity index (χ0v) is 8.50. The number of nitriles is 2. The van der Waals surface area contributed by atoms with Gasteiger partial charge < -0.3 is 9.64 Å². The molecule has 0 saturated carbocycles. The van der Waals surface area contributed by atoms with E-state index in [2.05, 4.69) is 16.3 Å². The normalized spacial score (nSPS) is 19.9. The Morgan fingerprint density at radius 3 is 3.12 bits per heavy atom. The lowest BCUT2D eigenvalue weighted by Crippen LogP contribution is -2.42. The maximum atomic E-state index is 8.93. The number of morpholine rings is 1. The monoisotopic (exact) mass is 215 g/mol. The summed E-state index contributed by atoms with van der Waals surface area (Å²) in [5.74, 6) is 0.522. The van der Waals surface area contributed by atoms with E-state index in [0.717, 1.165) is 0 Å². The Labute approximate surface area is 92.7 Å². The molecule has 1 aromatic heterocycles. The third-order valence-electron chi connectivity index (χ3n) is 2.33. The van der Waals surface area contributed by atoms with Crippen LogP contribution in [0.25, 0.3) is 0 Å². The van der Waals surface area contributed by atoms with Crippen LogP contribution in [-0.2, 0) is 4.74 Å². The van der Waals surface area contributed by atoms with Crippen molar-refractivity contribution in [1.29, 1.82) is 10.5 Å². The molecule has 0 amide bonds. The van der Waals surface area contributed by atoms with Gasteiger partial charge in [0.25, 0.3) is 0 Å². The maximum absolute atomic E-state index is 8.93. The number of nitrogens with zero attached hydrogens (tertiary/aromatic N) is 5. The van der Waals surface area contributed by atoms with Gasteiger partial charge in [-0.15, -0.1) is 5.10 Å². The van der Waals surface area contributed by atoms with Crippen LogP contribution in [0, 0.1) is 22.7 Å². The Bertz CT molecular complexity index is 461. The van der Waals surface area contributed by atoms with Crippen molar-refractivity contribution in [3.8, 4) is 12.1 Å². The molecule has 0 radical (unpaired) electrons. The van der Waals surface area contributed by atoms with Crippen molar-refractivity contribution in [1.82, 2.24) is 10.2 Å². The van der Waals surface area contributed by atoms with Gasteiger partial charge >= 0.3 is 0 Å². The summed E-state index contributed by atoms with van der Waals surface area (Å²) in [5, 5.41) is 25.4. The predicted molar refractivity (Wildman–Crippen MR) is 54.3 cm³/mol.